The number of benzene rings is 1. The van der Waals surface area contributed by atoms with Gasteiger partial charge in [-0.05, 0) is 30.7 Å². The van der Waals surface area contributed by atoms with Gasteiger partial charge in [-0.25, -0.2) is 14.1 Å². The zero-order chi connectivity index (χ0) is 14.0. The minimum atomic E-state index is -0.868. The fraction of sp³-hybridized carbons (Fsp3) is 0.308. The van der Waals surface area contributed by atoms with Crippen LogP contribution in [0.2, 0.25) is 0 Å². The number of nitrogens with one attached hydrogen (secondary N) is 1. The molecule has 0 spiro atoms. The number of rotatable bonds is 3. The molecule has 0 aromatic heterocycles. The van der Waals surface area contributed by atoms with E-state index in [0.29, 0.717) is 12.8 Å². The molecule has 1 aromatic carbocycles. The molecule has 1 aromatic rings. The van der Waals surface area contributed by atoms with Crippen molar-refractivity contribution in [3.05, 3.63) is 30.1 Å². The number of imide groups is 2. The van der Waals surface area contributed by atoms with Gasteiger partial charge < -0.3 is 0 Å². The number of nitrogens with zero attached hydrogens (tertiary/aromatic N) is 1. The lowest BCUT2D eigenvalue weighted by Gasteiger charge is -2.29. The molecule has 19 heavy (non-hydrogen) atoms. The lowest BCUT2D eigenvalue weighted by molar-refractivity contribution is -0.134. The molecule has 4 amide bonds. The maximum absolute atomic E-state index is 12.8. The maximum Gasteiger partial charge on any atom is 0.335 e. The normalized spacial score (nSPS) is 19.6. The Labute approximate surface area is 109 Å². The summed E-state index contributed by atoms with van der Waals surface area (Å²) in [5, 5.41) is 2.14. The van der Waals surface area contributed by atoms with E-state index in [1.54, 1.807) is 0 Å². The molecule has 0 radical (unpaired) electrons. The Morgan fingerprint density at radius 1 is 1.21 bits per heavy atom. The van der Waals surface area contributed by atoms with Crippen LogP contribution in [0.3, 0.4) is 0 Å². The minimum Gasteiger partial charge on any atom is -0.277 e. The van der Waals surface area contributed by atoms with Crippen LogP contribution in [0, 0.1) is 11.7 Å². The second-order valence-corrected chi connectivity index (χ2v) is 4.29. The average molecular weight is 264 g/mol. The van der Waals surface area contributed by atoms with E-state index in [0.717, 1.165) is 17.0 Å². The first-order chi connectivity index (χ1) is 9.04. The van der Waals surface area contributed by atoms with E-state index < -0.39 is 29.6 Å². The number of barbiturate groups is 1. The molecule has 2 rings (SSSR count). The van der Waals surface area contributed by atoms with E-state index in [9.17, 15) is 18.8 Å². The van der Waals surface area contributed by atoms with Crippen LogP contribution in [-0.4, -0.2) is 17.8 Å². The zero-order valence-electron chi connectivity index (χ0n) is 10.4. The lowest BCUT2D eigenvalue weighted by Crippen LogP contribution is -2.58. The van der Waals surface area contributed by atoms with Crippen molar-refractivity contribution in [2.24, 2.45) is 5.92 Å². The standard InChI is InChI=1S/C13H13FN2O3/c1-2-3-10-11(17)15-13(19)16(12(10)18)9-6-4-8(14)5-7-9/h4-7,10H,2-3H2,1H3,(H,15,17,19). The molecule has 1 atom stereocenters. The van der Waals surface area contributed by atoms with Crippen molar-refractivity contribution in [2.75, 3.05) is 4.90 Å². The minimum absolute atomic E-state index is 0.248. The van der Waals surface area contributed by atoms with Crippen molar-refractivity contribution in [2.45, 2.75) is 19.8 Å². The van der Waals surface area contributed by atoms with Crippen LogP contribution in [0.15, 0.2) is 24.3 Å². The van der Waals surface area contributed by atoms with Gasteiger partial charge in [-0.2, -0.15) is 0 Å². The molecule has 1 heterocycles. The van der Waals surface area contributed by atoms with Crippen LogP contribution in [0.25, 0.3) is 0 Å². The molecule has 1 unspecified atom stereocenters. The van der Waals surface area contributed by atoms with Gasteiger partial charge >= 0.3 is 6.03 Å². The van der Waals surface area contributed by atoms with Gasteiger partial charge in [0.05, 0.1) is 5.69 Å². The van der Waals surface area contributed by atoms with Gasteiger partial charge in [-0.3, -0.25) is 14.9 Å². The smallest absolute Gasteiger partial charge is 0.277 e. The number of amides is 4. The second-order valence-electron chi connectivity index (χ2n) is 4.29. The molecule has 5 nitrogen and oxygen atoms in total. The number of anilines is 1. The van der Waals surface area contributed by atoms with Gasteiger partial charge in [0.25, 0.3) is 0 Å². The Kier molecular flexibility index (Phi) is 3.59. The largest absolute Gasteiger partial charge is 0.335 e. The SMILES string of the molecule is CCCC1C(=O)NC(=O)N(c2ccc(F)cc2)C1=O. The van der Waals surface area contributed by atoms with Crippen molar-refractivity contribution in [1.82, 2.24) is 5.32 Å². The fourth-order valence-corrected chi connectivity index (χ4v) is 1.99. The van der Waals surface area contributed by atoms with E-state index in [2.05, 4.69) is 5.32 Å². The number of carbonyl (C=O) groups is 3. The molecular formula is C13H13FN2O3. The first kappa shape index (κ1) is 13.2. The van der Waals surface area contributed by atoms with Crippen LogP contribution in [0.1, 0.15) is 19.8 Å². The van der Waals surface area contributed by atoms with E-state index in [1.807, 2.05) is 6.92 Å². The quantitative estimate of drug-likeness (QED) is 0.847. The molecule has 1 saturated heterocycles. The Morgan fingerprint density at radius 2 is 1.84 bits per heavy atom. The lowest BCUT2D eigenvalue weighted by atomic mass is 9.99. The molecule has 1 fully saturated rings. The van der Waals surface area contributed by atoms with Gasteiger partial charge in [0, 0.05) is 0 Å². The van der Waals surface area contributed by atoms with Gasteiger partial charge in [0.1, 0.15) is 11.7 Å². The highest BCUT2D eigenvalue weighted by Crippen LogP contribution is 2.23. The summed E-state index contributed by atoms with van der Waals surface area (Å²) in [6, 6.07) is 4.16. The van der Waals surface area contributed by atoms with E-state index in [-0.39, 0.29) is 5.69 Å². The third-order valence-corrected chi connectivity index (χ3v) is 2.93. The van der Waals surface area contributed by atoms with Crippen LogP contribution < -0.4 is 10.2 Å². The maximum atomic E-state index is 12.8. The third-order valence-electron chi connectivity index (χ3n) is 2.93. The molecule has 1 N–H and O–H groups in total. The van der Waals surface area contributed by atoms with Crippen LogP contribution in [0.4, 0.5) is 14.9 Å². The van der Waals surface area contributed by atoms with Crippen LogP contribution in [-0.2, 0) is 9.59 Å². The summed E-state index contributed by atoms with van der Waals surface area (Å²) in [6.07, 6.45) is 1.02. The highest BCUT2D eigenvalue weighted by atomic mass is 19.1. The number of urea groups is 1. The highest BCUT2D eigenvalue weighted by molar-refractivity contribution is 6.27. The van der Waals surface area contributed by atoms with Gasteiger partial charge in [-0.1, -0.05) is 13.3 Å². The number of hydrogen-bond donors (Lipinski definition) is 1. The molecule has 0 aliphatic carbocycles. The summed E-state index contributed by atoms with van der Waals surface area (Å²) in [5.41, 5.74) is 0.248. The van der Waals surface area contributed by atoms with Gasteiger partial charge in [0.15, 0.2) is 0 Å². The Hall–Kier alpha value is -2.24. The first-order valence-electron chi connectivity index (χ1n) is 5.99. The number of carbonyl (C=O) groups excluding carboxylic acids is 3. The molecule has 0 saturated carbocycles. The predicted molar refractivity (Wildman–Crippen MR) is 65.8 cm³/mol. The summed E-state index contributed by atoms with van der Waals surface area (Å²) in [7, 11) is 0. The number of hydrogen-bond acceptors (Lipinski definition) is 3. The monoisotopic (exact) mass is 264 g/mol. The molecule has 100 valence electrons. The molecule has 6 heteroatoms. The summed E-state index contributed by atoms with van der Waals surface area (Å²) < 4.78 is 12.8. The molecule has 1 aliphatic heterocycles. The predicted octanol–water partition coefficient (Wildman–Crippen LogP) is 1.82. The molecule has 0 bridgehead atoms. The Balaban J connectivity index is 2.33. The summed E-state index contributed by atoms with van der Waals surface area (Å²) in [6.45, 7) is 1.85. The Morgan fingerprint density at radius 3 is 2.42 bits per heavy atom. The third kappa shape index (κ3) is 2.47. The topological polar surface area (TPSA) is 66.5 Å². The van der Waals surface area contributed by atoms with Gasteiger partial charge in [-0.15, -0.1) is 0 Å². The number of halogens is 1. The highest BCUT2D eigenvalue weighted by Gasteiger charge is 2.40. The van der Waals surface area contributed by atoms with Crippen molar-refractivity contribution in [3.8, 4) is 0 Å². The molecule has 1 aliphatic rings. The van der Waals surface area contributed by atoms with Crippen molar-refractivity contribution >= 4 is 23.5 Å². The molecular weight excluding hydrogens is 251 g/mol. The average Bonchev–Trinajstić information content (AvgIpc) is 2.36. The second kappa shape index (κ2) is 5.17. The van der Waals surface area contributed by atoms with E-state index in [4.69, 9.17) is 0 Å². The summed E-state index contributed by atoms with van der Waals surface area (Å²) in [4.78, 5) is 36.4. The first-order valence-corrected chi connectivity index (χ1v) is 5.99. The Bertz CT molecular complexity index is 527. The van der Waals surface area contributed by atoms with Crippen molar-refractivity contribution < 1.29 is 18.8 Å². The van der Waals surface area contributed by atoms with Gasteiger partial charge in [0.2, 0.25) is 11.8 Å². The van der Waals surface area contributed by atoms with Crippen molar-refractivity contribution in [1.29, 1.82) is 0 Å². The fourth-order valence-electron chi connectivity index (χ4n) is 1.99. The van der Waals surface area contributed by atoms with E-state index in [1.165, 1.54) is 12.1 Å². The summed E-state index contributed by atoms with van der Waals surface area (Å²) >= 11 is 0. The van der Waals surface area contributed by atoms with Crippen LogP contribution >= 0.6 is 0 Å². The van der Waals surface area contributed by atoms with Crippen molar-refractivity contribution in [3.63, 3.8) is 0 Å². The van der Waals surface area contributed by atoms with Crippen LogP contribution in [0.5, 0.6) is 0 Å². The zero-order valence-corrected chi connectivity index (χ0v) is 10.4. The summed E-state index contributed by atoms with van der Waals surface area (Å²) in [5.74, 6) is -2.47. The van der Waals surface area contributed by atoms with E-state index >= 15 is 0 Å².